The SMILES string of the molecule is CN1CC(=O)N(CC(=O)N2CCCC(N(C)C)C2)C1=O. The maximum Gasteiger partial charge on any atom is 0.327 e. The molecular weight excluding hydrogens is 260 g/mol. The van der Waals surface area contributed by atoms with Crippen LogP contribution < -0.4 is 0 Å². The highest BCUT2D eigenvalue weighted by atomic mass is 16.2. The van der Waals surface area contributed by atoms with Crippen molar-refractivity contribution < 1.29 is 14.4 Å². The van der Waals surface area contributed by atoms with Gasteiger partial charge in [0.25, 0.3) is 5.91 Å². The van der Waals surface area contributed by atoms with Gasteiger partial charge in [0.2, 0.25) is 5.91 Å². The summed E-state index contributed by atoms with van der Waals surface area (Å²) in [5, 5.41) is 0. The van der Waals surface area contributed by atoms with Gasteiger partial charge in [-0.05, 0) is 26.9 Å². The van der Waals surface area contributed by atoms with Crippen LogP contribution in [-0.2, 0) is 9.59 Å². The third-order valence-corrected chi connectivity index (χ3v) is 4.00. The summed E-state index contributed by atoms with van der Waals surface area (Å²) in [6.07, 6.45) is 2.03. The first-order valence-electron chi connectivity index (χ1n) is 6.90. The molecule has 0 radical (unpaired) electrons. The van der Waals surface area contributed by atoms with Crippen molar-refractivity contribution in [2.75, 3.05) is 47.3 Å². The molecule has 7 heteroatoms. The Morgan fingerprint density at radius 1 is 1.35 bits per heavy atom. The molecule has 2 fully saturated rings. The van der Waals surface area contributed by atoms with Crippen LogP contribution in [0.1, 0.15) is 12.8 Å². The van der Waals surface area contributed by atoms with Crippen LogP contribution in [-0.4, -0.2) is 90.8 Å². The van der Waals surface area contributed by atoms with Gasteiger partial charge in [0.15, 0.2) is 0 Å². The van der Waals surface area contributed by atoms with Crippen LogP contribution in [0.3, 0.4) is 0 Å². The summed E-state index contributed by atoms with van der Waals surface area (Å²) in [4.78, 5) is 41.9. The molecule has 0 bridgehead atoms. The number of hydrogen-bond donors (Lipinski definition) is 0. The molecule has 0 saturated carbocycles. The molecule has 2 aliphatic heterocycles. The predicted octanol–water partition coefficient (Wildman–Crippen LogP) is -0.567. The normalized spacial score (nSPS) is 24.0. The van der Waals surface area contributed by atoms with E-state index in [4.69, 9.17) is 0 Å². The first kappa shape index (κ1) is 14.8. The highest BCUT2D eigenvalue weighted by Gasteiger charge is 2.36. The molecule has 2 rings (SSSR count). The van der Waals surface area contributed by atoms with Gasteiger partial charge in [0, 0.05) is 26.2 Å². The highest BCUT2D eigenvalue weighted by Crippen LogP contribution is 2.15. The van der Waals surface area contributed by atoms with Gasteiger partial charge in [-0.1, -0.05) is 0 Å². The largest absolute Gasteiger partial charge is 0.340 e. The summed E-state index contributed by atoms with van der Waals surface area (Å²) in [6, 6.07) is -0.0372. The van der Waals surface area contributed by atoms with E-state index in [2.05, 4.69) is 4.90 Å². The van der Waals surface area contributed by atoms with E-state index in [1.165, 1.54) is 4.90 Å². The van der Waals surface area contributed by atoms with Gasteiger partial charge in [-0.15, -0.1) is 0 Å². The summed E-state index contributed by atoms with van der Waals surface area (Å²) in [5.74, 6) is -0.444. The van der Waals surface area contributed by atoms with Crippen LogP contribution >= 0.6 is 0 Å². The monoisotopic (exact) mass is 282 g/mol. The van der Waals surface area contributed by atoms with Crippen molar-refractivity contribution in [1.29, 1.82) is 0 Å². The molecular formula is C13H22N4O3. The van der Waals surface area contributed by atoms with E-state index >= 15 is 0 Å². The average molecular weight is 282 g/mol. The van der Waals surface area contributed by atoms with Crippen molar-refractivity contribution in [1.82, 2.24) is 19.6 Å². The van der Waals surface area contributed by atoms with E-state index in [0.717, 1.165) is 17.7 Å². The Labute approximate surface area is 119 Å². The number of nitrogens with zero attached hydrogens (tertiary/aromatic N) is 4. The van der Waals surface area contributed by atoms with Crippen molar-refractivity contribution >= 4 is 17.8 Å². The lowest BCUT2D eigenvalue weighted by atomic mass is 10.0. The highest BCUT2D eigenvalue weighted by molar-refractivity contribution is 6.04. The predicted molar refractivity (Wildman–Crippen MR) is 73.0 cm³/mol. The Bertz CT molecular complexity index is 424. The van der Waals surface area contributed by atoms with E-state index < -0.39 is 0 Å². The lowest BCUT2D eigenvalue weighted by molar-refractivity contribution is -0.137. The second kappa shape index (κ2) is 5.78. The third kappa shape index (κ3) is 2.92. The van der Waals surface area contributed by atoms with E-state index in [1.54, 1.807) is 11.9 Å². The molecule has 2 aliphatic rings. The second-order valence-corrected chi connectivity index (χ2v) is 5.72. The summed E-state index contributed by atoms with van der Waals surface area (Å²) in [6.45, 7) is 1.29. The molecule has 20 heavy (non-hydrogen) atoms. The molecule has 2 saturated heterocycles. The molecule has 0 aliphatic carbocycles. The standard InChI is InChI=1S/C13H22N4O3/c1-14(2)10-5-4-6-16(7-10)11(18)9-17-12(19)8-15(3)13(17)20/h10H,4-9H2,1-3H3. The summed E-state index contributed by atoms with van der Waals surface area (Å²) in [5.41, 5.74) is 0. The molecule has 0 aromatic rings. The van der Waals surface area contributed by atoms with Gasteiger partial charge < -0.3 is 14.7 Å². The molecule has 0 aromatic carbocycles. The zero-order valence-corrected chi connectivity index (χ0v) is 12.3. The molecule has 112 valence electrons. The fraction of sp³-hybridized carbons (Fsp3) is 0.769. The fourth-order valence-corrected chi connectivity index (χ4v) is 2.66. The van der Waals surface area contributed by atoms with Crippen LogP contribution in [0.15, 0.2) is 0 Å². The number of carbonyl (C=O) groups is 3. The Hall–Kier alpha value is -1.63. The molecule has 0 N–H and O–H groups in total. The maximum absolute atomic E-state index is 12.3. The lowest BCUT2D eigenvalue weighted by Crippen LogP contribution is -2.51. The zero-order valence-electron chi connectivity index (χ0n) is 12.3. The molecule has 2 heterocycles. The van der Waals surface area contributed by atoms with Gasteiger partial charge >= 0.3 is 6.03 Å². The number of piperidine rings is 1. The summed E-state index contributed by atoms with van der Waals surface area (Å²) < 4.78 is 0. The van der Waals surface area contributed by atoms with Crippen LogP contribution in [0.25, 0.3) is 0 Å². The Kier molecular flexibility index (Phi) is 4.27. The topological polar surface area (TPSA) is 64.2 Å². The first-order chi connectivity index (χ1) is 9.40. The van der Waals surface area contributed by atoms with E-state index in [1.807, 2.05) is 14.1 Å². The van der Waals surface area contributed by atoms with Crippen molar-refractivity contribution in [3.05, 3.63) is 0 Å². The van der Waals surface area contributed by atoms with E-state index in [-0.39, 0.29) is 30.9 Å². The smallest absolute Gasteiger partial charge is 0.327 e. The van der Waals surface area contributed by atoms with Crippen molar-refractivity contribution in [3.63, 3.8) is 0 Å². The number of carbonyl (C=O) groups excluding carboxylic acids is 3. The molecule has 7 nitrogen and oxygen atoms in total. The van der Waals surface area contributed by atoms with Gasteiger partial charge in [0.05, 0.1) is 0 Å². The number of urea groups is 1. The molecule has 0 aromatic heterocycles. The van der Waals surface area contributed by atoms with Gasteiger partial charge in [-0.2, -0.15) is 0 Å². The fourth-order valence-electron chi connectivity index (χ4n) is 2.66. The number of likely N-dealkylation sites (N-methyl/N-ethyl adjacent to an activating group) is 2. The molecule has 1 unspecified atom stereocenters. The van der Waals surface area contributed by atoms with Crippen LogP contribution in [0.4, 0.5) is 4.79 Å². The molecule has 0 spiro atoms. The van der Waals surface area contributed by atoms with E-state index in [9.17, 15) is 14.4 Å². The van der Waals surface area contributed by atoms with Gasteiger partial charge in [0.1, 0.15) is 13.1 Å². The van der Waals surface area contributed by atoms with Crippen LogP contribution in [0.5, 0.6) is 0 Å². The van der Waals surface area contributed by atoms with Crippen molar-refractivity contribution in [2.24, 2.45) is 0 Å². The van der Waals surface area contributed by atoms with Gasteiger partial charge in [-0.3, -0.25) is 14.5 Å². The minimum absolute atomic E-state index is 0.0619. The Morgan fingerprint density at radius 2 is 2.05 bits per heavy atom. The molecule has 1 atom stereocenters. The van der Waals surface area contributed by atoms with Crippen molar-refractivity contribution in [3.8, 4) is 0 Å². The number of amides is 4. The number of imide groups is 1. The first-order valence-corrected chi connectivity index (χ1v) is 6.90. The number of hydrogen-bond acceptors (Lipinski definition) is 4. The number of likely N-dealkylation sites (tertiary alicyclic amines) is 1. The third-order valence-electron chi connectivity index (χ3n) is 4.00. The van der Waals surface area contributed by atoms with E-state index in [0.29, 0.717) is 19.1 Å². The lowest BCUT2D eigenvalue weighted by Gasteiger charge is -2.36. The maximum atomic E-state index is 12.3. The van der Waals surface area contributed by atoms with Crippen molar-refractivity contribution in [2.45, 2.75) is 18.9 Å². The Morgan fingerprint density at radius 3 is 2.60 bits per heavy atom. The zero-order chi connectivity index (χ0) is 14.9. The summed E-state index contributed by atoms with van der Waals surface area (Å²) >= 11 is 0. The number of rotatable bonds is 3. The quantitative estimate of drug-likeness (QED) is 0.651. The average Bonchev–Trinajstić information content (AvgIpc) is 2.65. The minimum Gasteiger partial charge on any atom is -0.340 e. The second-order valence-electron chi connectivity index (χ2n) is 5.72. The van der Waals surface area contributed by atoms with Crippen LogP contribution in [0, 0.1) is 0 Å². The minimum atomic E-state index is -0.385. The Balaban J connectivity index is 1.95. The summed E-state index contributed by atoms with van der Waals surface area (Å²) in [7, 11) is 5.57. The van der Waals surface area contributed by atoms with Gasteiger partial charge in [-0.25, -0.2) is 4.79 Å². The molecule has 4 amide bonds. The van der Waals surface area contributed by atoms with Crippen LogP contribution in [0.2, 0.25) is 0 Å².